The zero-order chi connectivity index (χ0) is 22.2. The van der Waals surface area contributed by atoms with Crippen LogP contribution in [0.25, 0.3) is 16.4 Å². The lowest BCUT2D eigenvalue weighted by molar-refractivity contribution is 0.102. The Balaban J connectivity index is 1.32. The van der Waals surface area contributed by atoms with Crippen molar-refractivity contribution >= 4 is 22.9 Å². The normalized spacial score (nSPS) is 14.6. The van der Waals surface area contributed by atoms with E-state index < -0.39 is 0 Å². The van der Waals surface area contributed by atoms with Crippen molar-refractivity contribution in [2.24, 2.45) is 5.92 Å². The minimum Gasteiger partial charge on any atom is -0.320 e. The Morgan fingerprint density at radius 1 is 1.19 bits per heavy atom. The fourth-order valence-corrected chi connectivity index (χ4v) is 4.35. The van der Waals surface area contributed by atoms with Crippen LogP contribution in [0.3, 0.4) is 0 Å². The molecule has 0 aliphatic heterocycles. The smallest absolute Gasteiger partial charge is 0.274 e. The summed E-state index contributed by atoms with van der Waals surface area (Å²) >= 11 is 1.53. The summed E-state index contributed by atoms with van der Waals surface area (Å²) in [6, 6.07) is 5.86. The van der Waals surface area contributed by atoms with Gasteiger partial charge < -0.3 is 14.5 Å². The number of anilines is 1. The Hall–Kier alpha value is -3.33. The summed E-state index contributed by atoms with van der Waals surface area (Å²) in [6.45, 7) is 6.50. The Morgan fingerprint density at radius 3 is 2.81 bits per heavy atom. The van der Waals surface area contributed by atoms with Gasteiger partial charge in [0.1, 0.15) is 12.0 Å². The molecule has 1 fully saturated rings. The highest BCUT2D eigenvalue weighted by Gasteiger charge is 2.26. The zero-order valence-corrected chi connectivity index (χ0v) is 19.1. The van der Waals surface area contributed by atoms with E-state index in [-0.39, 0.29) is 11.9 Å². The predicted octanol–water partition coefficient (Wildman–Crippen LogP) is 4.93. The van der Waals surface area contributed by atoms with Gasteiger partial charge in [0.05, 0.1) is 28.3 Å². The Kier molecular flexibility index (Phi) is 5.34. The van der Waals surface area contributed by atoms with Crippen molar-refractivity contribution in [2.45, 2.75) is 45.6 Å². The van der Waals surface area contributed by atoms with Crippen molar-refractivity contribution in [3.63, 3.8) is 0 Å². The first-order valence-electron chi connectivity index (χ1n) is 10.8. The average molecular weight is 448 g/mol. The lowest BCUT2D eigenvalue weighted by atomic mass is 10.1. The maximum Gasteiger partial charge on any atom is 0.274 e. The molecule has 1 N–H and O–H groups in total. The fraction of sp³-hybridized carbons (Fsp3) is 0.348. The van der Waals surface area contributed by atoms with Gasteiger partial charge in [-0.2, -0.15) is 0 Å². The van der Waals surface area contributed by atoms with E-state index in [1.165, 1.54) is 24.2 Å². The summed E-state index contributed by atoms with van der Waals surface area (Å²) in [5, 5.41) is 13.2. The van der Waals surface area contributed by atoms with Crippen molar-refractivity contribution in [1.29, 1.82) is 0 Å². The first-order valence-corrected chi connectivity index (χ1v) is 11.7. The number of nitrogens with zero attached hydrogens (tertiary/aromatic N) is 6. The maximum atomic E-state index is 12.9. The van der Waals surface area contributed by atoms with Crippen LogP contribution in [0.15, 0.2) is 48.6 Å². The first kappa shape index (κ1) is 20.6. The highest BCUT2D eigenvalue weighted by molar-refractivity contribution is 7.14. The van der Waals surface area contributed by atoms with E-state index in [9.17, 15) is 4.79 Å². The molecule has 0 spiro atoms. The van der Waals surface area contributed by atoms with Gasteiger partial charge in [-0.05, 0) is 43.9 Å². The number of carbonyl (C=O) groups excluding carboxylic acids is 1. The molecule has 164 valence electrons. The molecule has 0 aromatic carbocycles. The molecule has 1 aliphatic rings. The third-order valence-electron chi connectivity index (χ3n) is 5.93. The summed E-state index contributed by atoms with van der Waals surface area (Å²) in [5.74, 6) is 1.60. The van der Waals surface area contributed by atoms with Crippen LogP contribution in [-0.4, -0.2) is 35.2 Å². The summed E-state index contributed by atoms with van der Waals surface area (Å²) in [6.07, 6.45) is 9.65. The largest absolute Gasteiger partial charge is 0.320 e. The van der Waals surface area contributed by atoms with Crippen molar-refractivity contribution < 1.29 is 4.79 Å². The number of imidazole rings is 1. The Labute approximate surface area is 190 Å². The number of hydrogen-bond donors (Lipinski definition) is 1. The summed E-state index contributed by atoms with van der Waals surface area (Å²) in [5.41, 5.74) is 3.05. The zero-order valence-electron chi connectivity index (χ0n) is 18.3. The second-order valence-corrected chi connectivity index (χ2v) is 9.49. The van der Waals surface area contributed by atoms with E-state index in [0.29, 0.717) is 23.2 Å². The molecular formula is C23H25N7OS. The van der Waals surface area contributed by atoms with Crippen molar-refractivity contribution in [3.05, 3.63) is 60.0 Å². The van der Waals surface area contributed by atoms with E-state index >= 15 is 0 Å². The number of amides is 1. The van der Waals surface area contributed by atoms with E-state index in [0.717, 1.165) is 22.1 Å². The number of rotatable bonds is 7. The van der Waals surface area contributed by atoms with Crippen LogP contribution in [0.1, 0.15) is 61.8 Å². The molecule has 1 amide bonds. The molecule has 8 nitrogen and oxygen atoms in total. The Bertz CT molecular complexity index is 1250. The monoisotopic (exact) mass is 447 g/mol. The molecule has 1 aliphatic carbocycles. The van der Waals surface area contributed by atoms with Crippen LogP contribution in [0.5, 0.6) is 0 Å². The van der Waals surface area contributed by atoms with Crippen LogP contribution in [0, 0.1) is 5.92 Å². The standard InChI is InChI=1S/C23H25N7OS/c1-14(2)15(3)30-13-26-28-22(30)21-8-17(11-32-21)27-23(31)19-9-18(6-7-24-19)29-10-20(25-12-29)16-4-5-16/h6-16H,4-5H2,1-3H3,(H,27,31)/t15-/m0/s1. The van der Waals surface area contributed by atoms with Crippen LogP contribution < -0.4 is 5.32 Å². The molecule has 4 heterocycles. The minimum atomic E-state index is -0.254. The van der Waals surface area contributed by atoms with Crippen molar-refractivity contribution in [3.8, 4) is 16.4 Å². The summed E-state index contributed by atoms with van der Waals surface area (Å²) < 4.78 is 4.02. The average Bonchev–Trinajstić information content (AvgIpc) is 3.20. The van der Waals surface area contributed by atoms with Crippen LogP contribution in [-0.2, 0) is 0 Å². The molecule has 1 saturated carbocycles. The molecule has 0 unspecified atom stereocenters. The molecule has 9 heteroatoms. The molecule has 1 atom stereocenters. The Morgan fingerprint density at radius 2 is 2.03 bits per heavy atom. The van der Waals surface area contributed by atoms with E-state index in [1.54, 1.807) is 24.9 Å². The number of hydrogen-bond acceptors (Lipinski definition) is 6. The van der Waals surface area contributed by atoms with Gasteiger partial charge in [0, 0.05) is 29.7 Å². The summed E-state index contributed by atoms with van der Waals surface area (Å²) in [7, 11) is 0. The number of thiophene rings is 1. The topological polar surface area (TPSA) is 90.5 Å². The SMILES string of the molecule is CC(C)[C@H](C)n1cnnc1-c1cc(NC(=O)c2cc(-n3cnc(C4CC4)c3)ccn2)cs1. The third-order valence-corrected chi connectivity index (χ3v) is 6.85. The van der Waals surface area contributed by atoms with Crippen LogP contribution in [0.4, 0.5) is 5.69 Å². The molecule has 32 heavy (non-hydrogen) atoms. The second kappa shape index (κ2) is 8.31. The minimum absolute atomic E-state index is 0.254. The van der Waals surface area contributed by atoms with Gasteiger partial charge in [-0.1, -0.05) is 13.8 Å². The summed E-state index contributed by atoms with van der Waals surface area (Å²) in [4.78, 5) is 22.6. The van der Waals surface area contributed by atoms with E-state index in [2.05, 4.69) is 50.8 Å². The van der Waals surface area contributed by atoms with Gasteiger partial charge in [0.15, 0.2) is 5.82 Å². The second-order valence-electron chi connectivity index (χ2n) is 8.58. The highest BCUT2D eigenvalue weighted by atomic mass is 32.1. The van der Waals surface area contributed by atoms with Gasteiger partial charge in [-0.15, -0.1) is 21.5 Å². The van der Waals surface area contributed by atoms with Crippen molar-refractivity contribution in [2.75, 3.05) is 5.32 Å². The number of pyridine rings is 1. The molecule has 0 radical (unpaired) electrons. The maximum absolute atomic E-state index is 12.9. The van der Waals surface area contributed by atoms with Crippen molar-refractivity contribution in [1.82, 2.24) is 29.3 Å². The molecule has 0 bridgehead atoms. The molecule has 5 rings (SSSR count). The van der Waals surface area contributed by atoms with Crippen LogP contribution >= 0.6 is 11.3 Å². The van der Waals surface area contributed by atoms with Gasteiger partial charge in [-0.3, -0.25) is 9.78 Å². The fourth-order valence-electron chi connectivity index (χ4n) is 3.53. The van der Waals surface area contributed by atoms with Gasteiger partial charge in [0.25, 0.3) is 5.91 Å². The molecule has 0 saturated heterocycles. The highest BCUT2D eigenvalue weighted by Crippen LogP contribution is 2.39. The van der Waals surface area contributed by atoms with E-state index in [4.69, 9.17) is 0 Å². The number of aromatic nitrogens is 6. The molecule has 4 aromatic heterocycles. The van der Waals surface area contributed by atoms with Gasteiger partial charge in [0.2, 0.25) is 0 Å². The number of nitrogens with one attached hydrogen (secondary N) is 1. The first-order chi connectivity index (χ1) is 15.5. The third kappa shape index (κ3) is 4.08. The lowest BCUT2D eigenvalue weighted by Crippen LogP contribution is -2.13. The quantitative estimate of drug-likeness (QED) is 0.434. The van der Waals surface area contributed by atoms with Gasteiger partial charge >= 0.3 is 0 Å². The molecule has 4 aromatic rings. The number of carbonyl (C=O) groups is 1. The predicted molar refractivity (Wildman–Crippen MR) is 124 cm³/mol. The van der Waals surface area contributed by atoms with Gasteiger partial charge in [-0.25, -0.2) is 4.98 Å². The molecular weight excluding hydrogens is 422 g/mol. The van der Waals surface area contributed by atoms with Crippen LogP contribution in [0.2, 0.25) is 0 Å². The van der Waals surface area contributed by atoms with E-state index in [1.807, 2.05) is 28.3 Å². The lowest BCUT2D eigenvalue weighted by Gasteiger charge is -2.18.